The number of hydrogen-bond donors (Lipinski definition) is 3. The van der Waals surface area contributed by atoms with E-state index < -0.39 is 10.0 Å². The van der Waals surface area contributed by atoms with Crippen molar-refractivity contribution in [3.63, 3.8) is 0 Å². The molecule has 0 aliphatic carbocycles. The molecule has 1 aromatic heterocycles. The lowest BCUT2D eigenvalue weighted by Crippen LogP contribution is -2.26. The zero-order valence-corrected chi connectivity index (χ0v) is 13.1. The van der Waals surface area contributed by atoms with Crippen LogP contribution in [0, 0.1) is 0 Å². The van der Waals surface area contributed by atoms with E-state index in [1.807, 2.05) is 24.3 Å². The molecule has 1 aromatic carbocycles. The van der Waals surface area contributed by atoms with Crippen molar-refractivity contribution in [1.29, 1.82) is 0 Å². The number of aromatic nitrogens is 1. The van der Waals surface area contributed by atoms with E-state index in [0.29, 0.717) is 5.82 Å². The molecule has 0 atom stereocenters. The SMILES string of the molecule is CNS(=O)(=O)CCNc1cc(C(N)=S)c2ccccc2n1. The van der Waals surface area contributed by atoms with Crippen molar-refractivity contribution in [2.45, 2.75) is 0 Å². The normalized spacial score (nSPS) is 11.5. The molecule has 0 radical (unpaired) electrons. The number of fused-ring (bicyclic) bond motifs is 1. The third-order valence-corrected chi connectivity index (χ3v) is 4.55. The molecule has 0 saturated carbocycles. The van der Waals surface area contributed by atoms with Crippen molar-refractivity contribution < 1.29 is 8.42 Å². The van der Waals surface area contributed by atoms with Gasteiger partial charge in [-0.05, 0) is 19.2 Å². The van der Waals surface area contributed by atoms with Crippen LogP contribution in [0.1, 0.15) is 5.56 Å². The summed E-state index contributed by atoms with van der Waals surface area (Å²) in [6.45, 7) is 0.241. The van der Waals surface area contributed by atoms with Crippen LogP contribution in [0.2, 0.25) is 0 Å². The van der Waals surface area contributed by atoms with Crippen LogP contribution >= 0.6 is 12.2 Å². The first-order valence-corrected chi connectivity index (χ1v) is 8.33. The van der Waals surface area contributed by atoms with Crippen LogP contribution in [0.15, 0.2) is 30.3 Å². The van der Waals surface area contributed by atoms with E-state index in [-0.39, 0.29) is 17.3 Å². The molecule has 4 N–H and O–H groups in total. The van der Waals surface area contributed by atoms with Crippen molar-refractivity contribution in [1.82, 2.24) is 9.71 Å². The van der Waals surface area contributed by atoms with Crippen molar-refractivity contribution in [3.05, 3.63) is 35.9 Å². The maximum absolute atomic E-state index is 11.4. The third-order valence-electron chi connectivity index (χ3n) is 2.97. The van der Waals surface area contributed by atoms with E-state index in [0.717, 1.165) is 16.5 Å². The molecule has 112 valence electrons. The highest BCUT2D eigenvalue weighted by atomic mass is 32.2. The van der Waals surface area contributed by atoms with Gasteiger partial charge in [0.1, 0.15) is 10.8 Å². The van der Waals surface area contributed by atoms with E-state index in [9.17, 15) is 8.42 Å². The monoisotopic (exact) mass is 324 g/mol. The van der Waals surface area contributed by atoms with Gasteiger partial charge in [-0.15, -0.1) is 0 Å². The fourth-order valence-corrected chi connectivity index (χ4v) is 2.63. The first-order valence-electron chi connectivity index (χ1n) is 6.27. The van der Waals surface area contributed by atoms with Crippen molar-refractivity contribution in [2.75, 3.05) is 24.7 Å². The first-order chi connectivity index (χ1) is 9.93. The highest BCUT2D eigenvalue weighted by molar-refractivity contribution is 7.89. The van der Waals surface area contributed by atoms with E-state index in [2.05, 4.69) is 15.0 Å². The summed E-state index contributed by atoms with van der Waals surface area (Å²) in [6.07, 6.45) is 0. The summed E-state index contributed by atoms with van der Waals surface area (Å²) in [5.74, 6) is 0.503. The van der Waals surface area contributed by atoms with E-state index in [1.54, 1.807) is 6.07 Å². The molecule has 0 spiro atoms. The number of benzene rings is 1. The average Bonchev–Trinajstić information content (AvgIpc) is 2.46. The number of thiocarbonyl (C=S) groups is 1. The van der Waals surface area contributed by atoms with Crippen LogP contribution in [0.4, 0.5) is 5.82 Å². The largest absolute Gasteiger partial charge is 0.389 e. The van der Waals surface area contributed by atoms with E-state index >= 15 is 0 Å². The van der Waals surface area contributed by atoms with Gasteiger partial charge in [-0.25, -0.2) is 18.1 Å². The summed E-state index contributed by atoms with van der Waals surface area (Å²) < 4.78 is 25.0. The summed E-state index contributed by atoms with van der Waals surface area (Å²) in [5, 5.41) is 3.85. The molecule has 2 rings (SSSR count). The second kappa shape index (κ2) is 6.33. The van der Waals surface area contributed by atoms with E-state index in [1.165, 1.54) is 7.05 Å². The number of pyridine rings is 1. The quantitative estimate of drug-likeness (QED) is 0.681. The Bertz CT molecular complexity index is 775. The molecule has 0 aliphatic heterocycles. The Kier molecular flexibility index (Phi) is 4.71. The molecule has 0 aliphatic rings. The zero-order chi connectivity index (χ0) is 15.5. The number of para-hydroxylation sites is 1. The topological polar surface area (TPSA) is 97.1 Å². The Morgan fingerprint density at radius 3 is 2.76 bits per heavy atom. The van der Waals surface area contributed by atoms with Crippen molar-refractivity contribution in [2.24, 2.45) is 5.73 Å². The molecule has 0 amide bonds. The van der Waals surface area contributed by atoms with Gasteiger partial charge in [0, 0.05) is 17.5 Å². The van der Waals surface area contributed by atoms with Crippen LogP contribution in [0.3, 0.4) is 0 Å². The lowest BCUT2D eigenvalue weighted by Gasteiger charge is -2.10. The second-order valence-electron chi connectivity index (χ2n) is 4.39. The van der Waals surface area contributed by atoms with Gasteiger partial charge in [0.25, 0.3) is 0 Å². The molecule has 0 bridgehead atoms. The highest BCUT2D eigenvalue weighted by Gasteiger charge is 2.09. The molecular weight excluding hydrogens is 308 g/mol. The van der Waals surface area contributed by atoms with Crippen LogP contribution < -0.4 is 15.8 Å². The average molecular weight is 324 g/mol. The van der Waals surface area contributed by atoms with Crippen LogP contribution in [0.25, 0.3) is 10.9 Å². The predicted octanol–water partition coefficient (Wildman–Crippen LogP) is 0.830. The molecule has 6 nitrogen and oxygen atoms in total. The number of nitrogens with zero attached hydrogens (tertiary/aromatic N) is 1. The maximum Gasteiger partial charge on any atom is 0.213 e. The van der Waals surface area contributed by atoms with Gasteiger partial charge in [-0.3, -0.25) is 0 Å². The van der Waals surface area contributed by atoms with Crippen molar-refractivity contribution >= 4 is 44.0 Å². The molecule has 0 unspecified atom stereocenters. The Morgan fingerprint density at radius 2 is 2.10 bits per heavy atom. The molecule has 8 heteroatoms. The Balaban J connectivity index is 2.27. The Morgan fingerprint density at radius 1 is 1.38 bits per heavy atom. The fraction of sp³-hybridized carbons (Fsp3) is 0.231. The zero-order valence-electron chi connectivity index (χ0n) is 11.5. The molecule has 0 fully saturated rings. The Labute approximate surface area is 128 Å². The standard InChI is InChI=1S/C13H16N4O2S2/c1-15-21(18,19)7-6-16-12-8-10(13(14)20)9-4-2-3-5-11(9)17-12/h2-5,8,15H,6-7H2,1H3,(H2,14,20)(H,16,17). The van der Waals surface area contributed by atoms with Crippen LogP contribution in [0.5, 0.6) is 0 Å². The summed E-state index contributed by atoms with van der Waals surface area (Å²) in [6, 6.07) is 9.24. The number of nitrogens with two attached hydrogens (primary N) is 1. The minimum atomic E-state index is -3.25. The lowest BCUT2D eigenvalue weighted by atomic mass is 10.1. The van der Waals surface area contributed by atoms with Gasteiger partial charge in [-0.2, -0.15) is 0 Å². The summed E-state index contributed by atoms with van der Waals surface area (Å²) in [7, 11) is -1.87. The van der Waals surface area contributed by atoms with Crippen LogP contribution in [-0.4, -0.2) is 37.7 Å². The molecule has 1 heterocycles. The molecule has 0 saturated heterocycles. The van der Waals surface area contributed by atoms with Crippen LogP contribution in [-0.2, 0) is 10.0 Å². The van der Waals surface area contributed by atoms with Gasteiger partial charge in [0.05, 0.1) is 11.3 Å². The molecule has 21 heavy (non-hydrogen) atoms. The number of anilines is 1. The number of hydrogen-bond acceptors (Lipinski definition) is 5. The smallest absolute Gasteiger partial charge is 0.213 e. The summed E-state index contributed by atoms with van der Waals surface area (Å²) >= 11 is 5.06. The number of nitrogens with one attached hydrogen (secondary N) is 2. The lowest BCUT2D eigenvalue weighted by molar-refractivity contribution is 0.588. The third kappa shape index (κ3) is 3.87. The number of rotatable bonds is 6. The van der Waals surface area contributed by atoms with Gasteiger partial charge in [-0.1, -0.05) is 30.4 Å². The Hall–Kier alpha value is -1.77. The molecular formula is C13H16N4O2S2. The second-order valence-corrected chi connectivity index (χ2v) is 6.87. The summed E-state index contributed by atoms with van der Waals surface area (Å²) in [5.41, 5.74) is 7.21. The minimum absolute atomic E-state index is 0.0413. The predicted molar refractivity (Wildman–Crippen MR) is 89.0 cm³/mol. The number of sulfonamides is 1. The minimum Gasteiger partial charge on any atom is -0.389 e. The first kappa shape index (κ1) is 15.6. The van der Waals surface area contributed by atoms with Crippen molar-refractivity contribution in [3.8, 4) is 0 Å². The van der Waals surface area contributed by atoms with E-state index in [4.69, 9.17) is 18.0 Å². The maximum atomic E-state index is 11.4. The molecule has 2 aromatic rings. The van der Waals surface area contributed by atoms with Gasteiger partial charge < -0.3 is 11.1 Å². The van der Waals surface area contributed by atoms with Gasteiger partial charge in [0.15, 0.2) is 0 Å². The highest BCUT2D eigenvalue weighted by Crippen LogP contribution is 2.20. The van der Waals surface area contributed by atoms with Gasteiger partial charge in [0.2, 0.25) is 10.0 Å². The summed E-state index contributed by atoms with van der Waals surface area (Å²) in [4.78, 5) is 4.70. The fourth-order valence-electron chi connectivity index (χ4n) is 1.89. The van der Waals surface area contributed by atoms with Gasteiger partial charge >= 0.3 is 0 Å².